The van der Waals surface area contributed by atoms with E-state index in [0.29, 0.717) is 35.5 Å². The highest BCUT2D eigenvalue weighted by Crippen LogP contribution is 2.35. The molecule has 0 N–H and O–H groups in total. The minimum atomic E-state index is 0.561. The van der Waals surface area contributed by atoms with Crippen LogP contribution in [0, 0.1) is 0 Å². The number of imidazole rings is 1. The van der Waals surface area contributed by atoms with Crippen LogP contribution >= 0.6 is 0 Å². The van der Waals surface area contributed by atoms with Crippen molar-refractivity contribution in [3.8, 4) is 34.6 Å². The Kier molecular flexibility index (Phi) is 4.65. The van der Waals surface area contributed by atoms with Gasteiger partial charge >= 0.3 is 0 Å². The van der Waals surface area contributed by atoms with Crippen LogP contribution in [0.3, 0.4) is 0 Å². The lowest BCUT2D eigenvalue weighted by Crippen LogP contribution is -2.03. The highest BCUT2D eigenvalue weighted by atomic mass is 16.5. The summed E-state index contributed by atoms with van der Waals surface area (Å²) in [4.78, 5) is 8.96. The standard InChI is InChI=1S/C18H19N3O3/c1-4-24-16-10-5-7-13(20-16)18-19-11-12-21(18)17-14(22-2)8-6-9-15(17)23-3/h5-12H,4H2,1-3H3. The Morgan fingerprint density at radius 2 is 1.71 bits per heavy atom. The molecule has 124 valence electrons. The maximum absolute atomic E-state index is 5.49. The van der Waals surface area contributed by atoms with Gasteiger partial charge in [-0.1, -0.05) is 12.1 Å². The van der Waals surface area contributed by atoms with Gasteiger partial charge in [0.2, 0.25) is 5.88 Å². The molecule has 0 aliphatic carbocycles. The second kappa shape index (κ2) is 7.04. The summed E-state index contributed by atoms with van der Waals surface area (Å²) < 4.78 is 18.4. The van der Waals surface area contributed by atoms with Crippen molar-refractivity contribution >= 4 is 0 Å². The van der Waals surface area contributed by atoms with Gasteiger partial charge in [0.25, 0.3) is 0 Å². The normalized spacial score (nSPS) is 10.5. The Morgan fingerprint density at radius 1 is 1.00 bits per heavy atom. The number of ether oxygens (including phenoxy) is 3. The number of benzene rings is 1. The molecule has 24 heavy (non-hydrogen) atoms. The van der Waals surface area contributed by atoms with Gasteiger partial charge in [0.05, 0.1) is 20.8 Å². The molecule has 0 amide bonds. The molecule has 3 rings (SSSR count). The van der Waals surface area contributed by atoms with Gasteiger partial charge in [0.15, 0.2) is 5.82 Å². The number of nitrogens with zero attached hydrogens (tertiary/aromatic N) is 3. The minimum Gasteiger partial charge on any atom is -0.494 e. The highest BCUT2D eigenvalue weighted by Gasteiger charge is 2.17. The summed E-state index contributed by atoms with van der Waals surface area (Å²) in [6, 6.07) is 11.3. The van der Waals surface area contributed by atoms with Gasteiger partial charge < -0.3 is 14.2 Å². The summed E-state index contributed by atoms with van der Waals surface area (Å²) in [6.07, 6.45) is 3.57. The predicted molar refractivity (Wildman–Crippen MR) is 91.1 cm³/mol. The molecule has 0 bridgehead atoms. The van der Waals surface area contributed by atoms with Gasteiger partial charge in [-0.25, -0.2) is 9.97 Å². The van der Waals surface area contributed by atoms with Crippen molar-refractivity contribution in [3.05, 3.63) is 48.8 Å². The quantitative estimate of drug-likeness (QED) is 0.695. The van der Waals surface area contributed by atoms with E-state index in [2.05, 4.69) is 9.97 Å². The zero-order chi connectivity index (χ0) is 16.9. The van der Waals surface area contributed by atoms with Crippen molar-refractivity contribution in [2.24, 2.45) is 0 Å². The fourth-order valence-electron chi connectivity index (χ4n) is 2.51. The molecule has 2 aromatic heterocycles. The fraction of sp³-hybridized carbons (Fsp3) is 0.222. The lowest BCUT2D eigenvalue weighted by atomic mass is 10.2. The van der Waals surface area contributed by atoms with Crippen LogP contribution in [0.5, 0.6) is 17.4 Å². The summed E-state index contributed by atoms with van der Waals surface area (Å²) >= 11 is 0. The van der Waals surface area contributed by atoms with Gasteiger partial charge in [-0.3, -0.25) is 4.57 Å². The first kappa shape index (κ1) is 15.9. The van der Waals surface area contributed by atoms with E-state index in [0.717, 1.165) is 5.69 Å². The molecule has 2 heterocycles. The summed E-state index contributed by atoms with van der Waals surface area (Å²) in [6.45, 7) is 2.49. The summed E-state index contributed by atoms with van der Waals surface area (Å²) in [7, 11) is 3.26. The largest absolute Gasteiger partial charge is 0.494 e. The van der Waals surface area contributed by atoms with Crippen LogP contribution in [0.25, 0.3) is 17.2 Å². The Morgan fingerprint density at radius 3 is 2.38 bits per heavy atom. The van der Waals surface area contributed by atoms with Crippen LogP contribution in [0.15, 0.2) is 48.8 Å². The molecule has 0 spiro atoms. The Labute approximate surface area is 140 Å². The van der Waals surface area contributed by atoms with Gasteiger partial charge in [0, 0.05) is 18.5 Å². The van der Waals surface area contributed by atoms with Crippen molar-refractivity contribution in [3.63, 3.8) is 0 Å². The Balaban J connectivity index is 2.14. The lowest BCUT2D eigenvalue weighted by Gasteiger charge is -2.15. The molecule has 6 nitrogen and oxygen atoms in total. The molecule has 3 aromatic rings. The molecule has 1 aromatic carbocycles. The number of aromatic nitrogens is 3. The summed E-state index contributed by atoms with van der Waals surface area (Å²) in [5.41, 5.74) is 1.48. The first-order valence-corrected chi connectivity index (χ1v) is 7.63. The van der Waals surface area contributed by atoms with Crippen LogP contribution in [-0.2, 0) is 0 Å². The fourth-order valence-corrected chi connectivity index (χ4v) is 2.51. The van der Waals surface area contributed by atoms with E-state index in [9.17, 15) is 0 Å². The molecule has 0 atom stereocenters. The van der Waals surface area contributed by atoms with Gasteiger partial charge in [0.1, 0.15) is 22.9 Å². The van der Waals surface area contributed by atoms with E-state index in [1.165, 1.54) is 0 Å². The molecule has 0 unspecified atom stereocenters. The zero-order valence-corrected chi connectivity index (χ0v) is 13.9. The number of rotatable bonds is 6. The number of pyridine rings is 1. The Bertz CT molecular complexity index is 808. The van der Waals surface area contributed by atoms with E-state index >= 15 is 0 Å². The molecular weight excluding hydrogens is 306 g/mol. The van der Waals surface area contributed by atoms with Gasteiger partial charge in [-0.15, -0.1) is 0 Å². The van der Waals surface area contributed by atoms with Gasteiger partial charge in [-0.2, -0.15) is 0 Å². The molecule has 0 fully saturated rings. The van der Waals surface area contributed by atoms with E-state index in [-0.39, 0.29) is 0 Å². The van der Waals surface area contributed by atoms with E-state index in [4.69, 9.17) is 14.2 Å². The van der Waals surface area contributed by atoms with Crippen LogP contribution < -0.4 is 14.2 Å². The maximum Gasteiger partial charge on any atom is 0.213 e. The van der Waals surface area contributed by atoms with Crippen molar-refractivity contribution in [1.29, 1.82) is 0 Å². The molecule has 0 saturated carbocycles. The van der Waals surface area contributed by atoms with E-state index in [1.54, 1.807) is 20.4 Å². The first-order chi connectivity index (χ1) is 11.8. The number of para-hydroxylation sites is 1. The minimum absolute atomic E-state index is 0.561. The molecule has 0 radical (unpaired) electrons. The lowest BCUT2D eigenvalue weighted by molar-refractivity contribution is 0.327. The second-order valence-electron chi connectivity index (χ2n) is 4.93. The van der Waals surface area contributed by atoms with Crippen molar-refractivity contribution < 1.29 is 14.2 Å². The van der Waals surface area contributed by atoms with E-state index in [1.807, 2.05) is 54.1 Å². The number of methoxy groups -OCH3 is 2. The summed E-state index contributed by atoms with van der Waals surface area (Å²) in [5, 5.41) is 0. The zero-order valence-electron chi connectivity index (χ0n) is 13.9. The van der Waals surface area contributed by atoms with Crippen molar-refractivity contribution in [1.82, 2.24) is 14.5 Å². The van der Waals surface area contributed by atoms with Crippen LogP contribution in [0.2, 0.25) is 0 Å². The van der Waals surface area contributed by atoms with Crippen LogP contribution in [0.4, 0.5) is 0 Å². The monoisotopic (exact) mass is 325 g/mol. The Hall–Kier alpha value is -3.02. The first-order valence-electron chi connectivity index (χ1n) is 7.63. The van der Waals surface area contributed by atoms with E-state index < -0.39 is 0 Å². The molecular formula is C18H19N3O3. The summed E-state index contributed by atoms with van der Waals surface area (Å²) in [5.74, 6) is 2.63. The third-order valence-electron chi connectivity index (χ3n) is 3.53. The third-order valence-corrected chi connectivity index (χ3v) is 3.53. The second-order valence-corrected chi connectivity index (χ2v) is 4.93. The van der Waals surface area contributed by atoms with Crippen molar-refractivity contribution in [2.45, 2.75) is 6.92 Å². The average Bonchev–Trinajstić information content (AvgIpc) is 3.10. The smallest absolute Gasteiger partial charge is 0.213 e. The topological polar surface area (TPSA) is 58.4 Å². The van der Waals surface area contributed by atoms with Gasteiger partial charge in [-0.05, 0) is 25.1 Å². The highest BCUT2D eigenvalue weighted by molar-refractivity contribution is 5.63. The van der Waals surface area contributed by atoms with Crippen molar-refractivity contribution in [2.75, 3.05) is 20.8 Å². The molecule has 0 saturated heterocycles. The maximum atomic E-state index is 5.49. The van der Waals surface area contributed by atoms with Crippen LogP contribution in [0.1, 0.15) is 6.92 Å². The predicted octanol–water partition coefficient (Wildman–Crippen LogP) is 3.35. The number of hydrogen-bond donors (Lipinski definition) is 0. The molecule has 0 aliphatic heterocycles. The average molecular weight is 325 g/mol. The molecule has 6 heteroatoms. The SMILES string of the molecule is CCOc1cccc(-c2nccn2-c2c(OC)cccc2OC)n1. The number of hydrogen-bond acceptors (Lipinski definition) is 5. The molecule has 0 aliphatic rings. The third kappa shape index (κ3) is 2.90. The van der Waals surface area contributed by atoms with Crippen LogP contribution in [-0.4, -0.2) is 35.4 Å².